The smallest absolute Gasteiger partial charge is 0.244 e. The first-order valence-electron chi connectivity index (χ1n) is 6.01. The molecule has 102 valence electrons. The molecule has 1 aromatic heterocycles. The molecular weight excluding hydrogens is 258 g/mol. The predicted molar refractivity (Wildman–Crippen MR) is 75.1 cm³/mol. The molecule has 3 N–H and O–H groups in total. The number of carbonyl (C=O) groups excluding carboxylic acids is 1. The van der Waals surface area contributed by atoms with E-state index in [0.29, 0.717) is 17.4 Å². The summed E-state index contributed by atoms with van der Waals surface area (Å²) in [4.78, 5) is 21.7. The normalized spacial score (nSPS) is 13.7. The highest BCUT2D eigenvalue weighted by Gasteiger charge is 2.26. The van der Waals surface area contributed by atoms with Crippen LogP contribution in [0.3, 0.4) is 0 Å². The zero-order valence-electron chi connectivity index (χ0n) is 10.8. The van der Waals surface area contributed by atoms with Crippen LogP contribution in [0.1, 0.15) is 0 Å². The number of amides is 1. The standard InChI is InChI=1S/C13H13N5O2/c1-20-13-11(14)12(15-7-16-13)18-6-10(19)17-8-4-2-3-5-9(8)18/h2-5,7H,6,14H2,1H3,(H,17,19). The van der Waals surface area contributed by atoms with Gasteiger partial charge in [-0.05, 0) is 12.1 Å². The van der Waals surface area contributed by atoms with Crippen molar-refractivity contribution >= 4 is 28.8 Å². The van der Waals surface area contributed by atoms with Gasteiger partial charge in [-0.25, -0.2) is 4.98 Å². The number of anilines is 4. The molecule has 0 aliphatic carbocycles. The second-order valence-electron chi connectivity index (χ2n) is 4.27. The molecule has 3 rings (SSSR count). The maximum absolute atomic E-state index is 11.8. The molecule has 1 aromatic carbocycles. The summed E-state index contributed by atoms with van der Waals surface area (Å²) in [6, 6.07) is 7.46. The molecule has 2 aromatic rings. The second-order valence-corrected chi connectivity index (χ2v) is 4.27. The molecule has 0 saturated heterocycles. The lowest BCUT2D eigenvalue weighted by molar-refractivity contribution is -0.115. The number of nitrogen functional groups attached to an aromatic ring is 1. The number of methoxy groups -OCH3 is 1. The third-order valence-corrected chi connectivity index (χ3v) is 3.05. The molecule has 0 spiro atoms. The van der Waals surface area contributed by atoms with Gasteiger partial charge in [0.1, 0.15) is 18.6 Å². The monoisotopic (exact) mass is 271 g/mol. The van der Waals surface area contributed by atoms with E-state index in [1.807, 2.05) is 24.3 Å². The molecule has 0 saturated carbocycles. The second kappa shape index (κ2) is 4.69. The van der Waals surface area contributed by atoms with E-state index in [-0.39, 0.29) is 12.5 Å². The number of carbonyl (C=O) groups is 1. The molecule has 20 heavy (non-hydrogen) atoms. The summed E-state index contributed by atoms with van der Waals surface area (Å²) in [6.07, 6.45) is 1.36. The Morgan fingerprint density at radius 2 is 2.15 bits per heavy atom. The third kappa shape index (κ3) is 1.89. The average molecular weight is 271 g/mol. The van der Waals surface area contributed by atoms with Gasteiger partial charge in [-0.15, -0.1) is 0 Å². The van der Waals surface area contributed by atoms with Crippen LogP contribution in [0.2, 0.25) is 0 Å². The number of nitrogens with zero attached hydrogens (tertiary/aromatic N) is 3. The van der Waals surface area contributed by atoms with Crippen LogP contribution in [0.15, 0.2) is 30.6 Å². The SMILES string of the molecule is COc1ncnc(N2CC(=O)Nc3ccccc32)c1N. The Bertz CT molecular complexity index is 674. The van der Waals surface area contributed by atoms with Crippen LogP contribution < -0.4 is 20.7 Å². The highest BCUT2D eigenvalue weighted by Crippen LogP contribution is 2.38. The van der Waals surface area contributed by atoms with Crippen molar-refractivity contribution in [1.29, 1.82) is 0 Å². The van der Waals surface area contributed by atoms with E-state index < -0.39 is 0 Å². The fourth-order valence-corrected chi connectivity index (χ4v) is 2.17. The Hall–Kier alpha value is -2.83. The van der Waals surface area contributed by atoms with Gasteiger partial charge < -0.3 is 20.7 Å². The van der Waals surface area contributed by atoms with Gasteiger partial charge in [0.05, 0.1) is 18.5 Å². The molecule has 0 fully saturated rings. The number of rotatable bonds is 2. The fraction of sp³-hybridized carbons (Fsp3) is 0.154. The molecule has 7 heteroatoms. The van der Waals surface area contributed by atoms with Crippen molar-refractivity contribution in [2.24, 2.45) is 0 Å². The van der Waals surface area contributed by atoms with Crippen LogP contribution in [-0.2, 0) is 4.79 Å². The number of fused-ring (bicyclic) bond motifs is 1. The van der Waals surface area contributed by atoms with Crippen LogP contribution >= 0.6 is 0 Å². The molecule has 0 atom stereocenters. The topological polar surface area (TPSA) is 93.4 Å². The van der Waals surface area contributed by atoms with Gasteiger partial charge in [-0.2, -0.15) is 4.98 Å². The number of para-hydroxylation sites is 2. The van der Waals surface area contributed by atoms with Crippen LogP contribution in [0.4, 0.5) is 22.9 Å². The van der Waals surface area contributed by atoms with Crippen molar-refractivity contribution in [3.05, 3.63) is 30.6 Å². The maximum atomic E-state index is 11.8. The van der Waals surface area contributed by atoms with Crippen molar-refractivity contribution in [1.82, 2.24) is 9.97 Å². The van der Waals surface area contributed by atoms with E-state index >= 15 is 0 Å². The van der Waals surface area contributed by atoms with Crippen molar-refractivity contribution in [3.8, 4) is 5.88 Å². The minimum Gasteiger partial charge on any atom is -0.479 e. The number of nitrogens with two attached hydrogens (primary N) is 1. The molecule has 7 nitrogen and oxygen atoms in total. The van der Waals surface area contributed by atoms with Gasteiger partial charge in [0.15, 0.2) is 5.82 Å². The summed E-state index contributed by atoms with van der Waals surface area (Å²) >= 11 is 0. The third-order valence-electron chi connectivity index (χ3n) is 3.05. The highest BCUT2D eigenvalue weighted by molar-refractivity contribution is 6.03. The van der Waals surface area contributed by atoms with E-state index in [1.165, 1.54) is 13.4 Å². The Labute approximate surface area is 115 Å². The zero-order chi connectivity index (χ0) is 14.1. The number of hydrogen-bond acceptors (Lipinski definition) is 6. The van der Waals surface area contributed by atoms with Crippen LogP contribution in [0.5, 0.6) is 5.88 Å². The molecule has 1 amide bonds. The molecule has 1 aliphatic heterocycles. The van der Waals surface area contributed by atoms with Gasteiger partial charge in [-0.1, -0.05) is 12.1 Å². The van der Waals surface area contributed by atoms with Crippen molar-refractivity contribution in [2.45, 2.75) is 0 Å². The molecule has 0 unspecified atom stereocenters. The number of benzene rings is 1. The zero-order valence-corrected chi connectivity index (χ0v) is 10.8. The van der Waals surface area contributed by atoms with Gasteiger partial charge in [-0.3, -0.25) is 4.79 Å². The highest BCUT2D eigenvalue weighted by atomic mass is 16.5. The summed E-state index contributed by atoms with van der Waals surface area (Å²) in [6.45, 7) is 0.140. The first kappa shape index (κ1) is 12.2. The largest absolute Gasteiger partial charge is 0.479 e. The van der Waals surface area contributed by atoms with E-state index in [9.17, 15) is 4.79 Å². The summed E-state index contributed by atoms with van der Waals surface area (Å²) in [5.74, 6) is 0.623. The van der Waals surface area contributed by atoms with Crippen LogP contribution in [0.25, 0.3) is 0 Å². The van der Waals surface area contributed by atoms with Crippen LogP contribution in [-0.4, -0.2) is 29.5 Å². The summed E-state index contributed by atoms with van der Waals surface area (Å²) < 4.78 is 5.09. The van der Waals surface area contributed by atoms with E-state index in [4.69, 9.17) is 10.5 Å². The van der Waals surface area contributed by atoms with Gasteiger partial charge >= 0.3 is 0 Å². The Morgan fingerprint density at radius 1 is 1.35 bits per heavy atom. The lowest BCUT2D eigenvalue weighted by Crippen LogP contribution is -2.35. The fourth-order valence-electron chi connectivity index (χ4n) is 2.17. The summed E-state index contributed by atoms with van der Waals surface area (Å²) in [5, 5.41) is 2.81. The molecular formula is C13H13N5O2. The number of aromatic nitrogens is 2. The van der Waals surface area contributed by atoms with E-state index in [1.54, 1.807) is 4.90 Å². The molecule has 2 heterocycles. The lowest BCUT2D eigenvalue weighted by Gasteiger charge is -2.30. The van der Waals surface area contributed by atoms with Gasteiger partial charge in [0, 0.05) is 0 Å². The van der Waals surface area contributed by atoms with Crippen molar-refractivity contribution in [3.63, 3.8) is 0 Å². The summed E-state index contributed by atoms with van der Waals surface area (Å²) in [7, 11) is 1.49. The summed E-state index contributed by atoms with van der Waals surface area (Å²) in [5.41, 5.74) is 7.86. The predicted octanol–water partition coefficient (Wildman–Crippen LogP) is 1.16. The van der Waals surface area contributed by atoms with Crippen molar-refractivity contribution in [2.75, 3.05) is 29.6 Å². The quantitative estimate of drug-likeness (QED) is 0.851. The Balaban J connectivity index is 2.13. The van der Waals surface area contributed by atoms with Gasteiger partial charge in [0.25, 0.3) is 0 Å². The van der Waals surface area contributed by atoms with E-state index in [0.717, 1.165) is 11.4 Å². The first-order valence-corrected chi connectivity index (χ1v) is 6.01. The number of hydrogen-bond donors (Lipinski definition) is 2. The minimum absolute atomic E-state index is 0.124. The number of ether oxygens (including phenoxy) is 1. The Morgan fingerprint density at radius 3 is 2.95 bits per heavy atom. The van der Waals surface area contributed by atoms with Gasteiger partial charge in [0.2, 0.25) is 11.8 Å². The van der Waals surface area contributed by atoms with Crippen molar-refractivity contribution < 1.29 is 9.53 Å². The maximum Gasteiger partial charge on any atom is 0.244 e. The average Bonchev–Trinajstić information content (AvgIpc) is 2.46. The minimum atomic E-state index is -0.124. The molecule has 0 radical (unpaired) electrons. The molecule has 0 bridgehead atoms. The number of nitrogens with one attached hydrogen (secondary N) is 1. The lowest BCUT2D eigenvalue weighted by atomic mass is 10.2. The van der Waals surface area contributed by atoms with E-state index in [2.05, 4.69) is 15.3 Å². The van der Waals surface area contributed by atoms with Crippen LogP contribution in [0, 0.1) is 0 Å². The first-order chi connectivity index (χ1) is 9.70. The Kier molecular flexibility index (Phi) is 2.86. The molecule has 1 aliphatic rings.